The average molecular weight is 839 g/mol. The van der Waals surface area contributed by atoms with E-state index in [4.69, 9.17) is 9.47 Å². The van der Waals surface area contributed by atoms with Gasteiger partial charge in [-0.15, -0.1) is 0 Å². The summed E-state index contributed by atoms with van der Waals surface area (Å²) >= 11 is 3.28. The molecule has 0 rings (SSSR count). The fourth-order valence-corrected chi connectivity index (χ4v) is 8.54. The number of carbonyl (C=O) groups excluding carboxylic acids is 4. The molecule has 0 aliphatic rings. The van der Waals surface area contributed by atoms with Crippen molar-refractivity contribution in [3.05, 3.63) is 0 Å². The van der Waals surface area contributed by atoms with Gasteiger partial charge in [-0.05, 0) is 78.7 Å². The minimum absolute atomic E-state index is 0. The maximum Gasteiger partial charge on any atom is 1.00 e. The molecule has 0 fully saturated rings. The number of rotatable bonds is 28. The van der Waals surface area contributed by atoms with E-state index >= 15 is 0 Å². The first-order chi connectivity index (χ1) is 22.9. The number of thioether (sulfide) groups is 2. The molecule has 0 aliphatic carbocycles. The number of nitrogens with one attached hydrogen (secondary N) is 2. The fraction of sp³-hybridized carbons (Fsp3) is 0.875. The third-order valence-corrected chi connectivity index (χ3v) is 11.1. The third-order valence-electron chi connectivity index (χ3n) is 6.80. The van der Waals surface area contributed by atoms with E-state index in [2.05, 4.69) is 10.6 Å². The summed E-state index contributed by atoms with van der Waals surface area (Å²) in [5.41, 5.74) is -2.12. The van der Waals surface area contributed by atoms with E-state index in [1.54, 1.807) is 51.6 Å². The molecule has 0 saturated carbocycles. The van der Waals surface area contributed by atoms with E-state index in [1.807, 2.05) is 0 Å². The van der Waals surface area contributed by atoms with Crippen LogP contribution in [0.15, 0.2) is 0 Å². The zero-order valence-corrected chi connectivity index (χ0v) is 40.3. The molecule has 0 aromatic carbocycles. The molecule has 0 aromatic rings. The molecule has 0 spiro atoms. The van der Waals surface area contributed by atoms with E-state index in [9.17, 15) is 45.1 Å². The molecule has 0 aromatic heterocycles. The largest absolute Gasteiger partial charge is 1.00 e. The average Bonchev–Trinajstić information content (AvgIpc) is 2.91. The van der Waals surface area contributed by atoms with Gasteiger partial charge in [0.2, 0.25) is 11.8 Å². The van der Waals surface area contributed by atoms with Crippen LogP contribution in [0.4, 0.5) is 0 Å². The molecular weight excluding hydrogens is 779 g/mol. The standard InChI is InChI=1S/C17H33NO6S2.C15H29NO6S2.2Na/c1-14(19)12-15(24-4)8-6-5-7-10-25-11-9-16(20)18-17(2,3)13-26(21,22)23;1-12(17)10-13(22-4)6-5-8-23-9-7-14(18)16-15(2,3)11-24(19,20)21;;/h15H,5-13H2,1-4H3,(H,18,20)(H,21,22,23);13H,5-11H2,1-4H3,(H,16,18)(H,19,20,21);;/q;;2*+1/p-2. The third kappa shape index (κ3) is 41.9. The summed E-state index contributed by atoms with van der Waals surface area (Å²) in [5, 5.41) is 5.15. The van der Waals surface area contributed by atoms with Crippen LogP contribution in [0.5, 0.6) is 0 Å². The van der Waals surface area contributed by atoms with Crippen molar-refractivity contribution >= 4 is 67.1 Å². The summed E-state index contributed by atoms with van der Waals surface area (Å²) in [5.74, 6) is 1.52. The van der Waals surface area contributed by atoms with Gasteiger partial charge < -0.3 is 29.2 Å². The van der Waals surface area contributed by atoms with Crippen molar-refractivity contribution in [2.75, 3.05) is 48.7 Å². The monoisotopic (exact) mass is 838 g/mol. The normalized spacial score (nSPS) is 13.0. The second-order valence-corrected chi connectivity index (χ2v) is 18.8. The Kier molecular flexibility index (Phi) is 36.3. The summed E-state index contributed by atoms with van der Waals surface area (Å²) in [4.78, 5) is 45.7. The second kappa shape index (κ2) is 31.8. The van der Waals surface area contributed by atoms with E-state index in [1.165, 1.54) is 27.7 Å². The summed E-state index contributed by atoms with van der Waals surface area (Å²) in [6.45, 7) is 9.17. The van der Waals surface area contributed by atoms with Crippen LogP contribution in [0, 0.1) is 0 Å². The fourth-order valence-electron chi connectivity index (χ4n) is 4.78. The minimum Gasteiger partial charge on any atom is -0.748 e. The number of carbonyl (C=O) groups is 4. The smallest absolute Gasteiger partial charge is 0.748 e. The Bertz CT molecular complexity index is 1240. The van der Waals surface area contributed by atoms with Crippen molar-refractivity contribution in [1.29, 1.82) is 0 Å². The number of Topliss-reactive ketones (excluding diaryl/α,β-unsaturated/α-hetero) is 2. The Labute approximate surface area is 365 Å². The topological polar surface area (TPSA) is 225 Å². The molecule has 0 bridgehead atoms. The molecule has 0 radical (unpaired) electrons. The Morgan fingerprint density at radius 3 is 1.29 bits per heavy atom. The van der Waals surface area contributed by atoms with Gasteiger partial charge in [0.25, 0.3) is 0 Å². The molecule has 52 heavy (non-hydrogen) atoms. The van der Waals surface area contributed by atoms with Gasteiger partial charge in [-0.1, -0.05) is 12.8 Å². The number of methoxy groups -OCH3 is 2. The number of amides is 2. The van der Waals surface area contributed by atoms with Crippen molar-refractivity contribution in [1.82, 2.24) is 10.6 Å². The summed E-state index contributed by atoms with van der Waals surface area (Å²) in [6, 6.07) is 0. The molecule has 14 nitrogen and oxygen atoms in total. The second-order valence-electron chi connectivity index (χ2n) is 13.5. The molecule has 2 amide bonds. The van der Waals surface area contributed by atoms with Crippen LogP contribution < -0.4 is 69.7 Å². The maximum absolute atomic E-state index is 11.8. The van der Waals surface area contributed by atoms with Gasteiger partial charge in [0.05, 0.1) is 43.9 Å². The Morgan fingerprint density at radius 1 is 0.615 bits per heavy atom. The minimum atomic E-state index is -4.39. The van der Waals surface area contributed by atoms with Crippen LogP contribution in [0.1, 0.15) is 106 Å². The Hall–Kier alpha value is 0.720. The molecule has 2 unspecified atom stereocenters. The van der Waals surface area contributed by atoms with Crippen molar-refractivity contribution < 1.29 is 114 Å². The number of hydrogen-bond donors (Lipinski definition) is 2. The maximum atomic E-state index is 11.8. The first-order valence-electron chi connectivity index (χ1n) is 16.6. The van der Waals surface area contributed by atoms with Crippen molar-refractivity contribution in [2.24, 2.45) is 0 Å². The molecule has 2 atom stereocenters. The molecule has 0 heterocycles. The van der Waals surface area contributed by atoms with Gasteiger partial charge in [-0.2, -0.15) is 23.5 Å². The summed E-state index contributed by atoms with van der Waals surface area (Å²) in [6.07, 6.45) is 7.02. The first kappa shape index (κ1) is 59.4. The molecule has 0 aliphatic heterocycles. The van der Waals surface area contributed by atoms with E-state index in [0.717, 1.165) is 50.0 Å². The van der Waals surface area contributed by atoms with E-state index < -0.39 is 42.8 Å². The number of unbranched alkanes of at least 4 members (excludes halogenated alkanes) is 2. The van der Waals surface area contributed by atoms with Gasteiger partial charge in [0.15, 0.2) is 0 Å². The number of hydrogen-bond acceptors (Lipinski definition) is 14. The van der Waals surface area contributed by atoms with Gasteiger partial charge in [0, 0.05) is 62.5 Å². The van der Waals surface area contributed by atoms with Crippen LogP contribution in [0.2, 0.25) is 0 Å². The first-order valence-corrected chi connectivity index (χ1v) is 22.1. The summed E-state index contributed by atoms with van der Waals surface area (Å²) in [7, 11) is -5.54. The van der Waals surface area contributed by atoms with E-state index in [0.29, 0.717) is 24.3 Å². The van der Waals surface area contributed by atoms with E-state index in [-0.39, 0.29) is 108 Å². The molecule has 20 heteroatoms. The molecule has 0 saturated heterocycles. The van der Waals surface area contributed by atoms with Crippen LogP contribution in [0.25, 0.3) is 0 Å². The predicted molar refractivity (Wildman–Crippen MR) is 197 cm³/mol. The van der Waals surface area contributed by atoms with Crippen LogP contribution in [-0.4, -0.2) is 121 Å². The molecular formula is C32H60N2Na2O12S4. The molecule has 296 valence electrons. The zero-order valence-electron chi connectivity index (χ0n) is 33.0. The summed E-state index contributed by atoms with van der Waals surface area (Å²) < 4.78 is 75.2. The molecule has 2 N–H and O–H groups in total. The van der Waals surface area contributed by atoms with Crippen LogP contribution in [-0.2, 0) is 48.9 Å². The SMILES string of the molecule is COC(CCCCCSCCC(=O)NC(C)(C)CS(=O)(=O)[O-])CC(C)=O.COC(CCCSCCC(=O)NC(C)(C)CS(=O)(=O)[O-])CC(C)=O.[Na+].[Na+]. The number of ketones is 2. The number of ether oxygens (including phenoxy) is 2. The Balaban J connectivity index is -0.000000428. The van der Waals surface area contributed by atoms with Gasteiger partial charge in [-0.25, -0.2) is 16.8 Å². The van der Waals surface area contributed by atoms with Gasteiger partial charge in [-0.3, -0.25) is 19.2 Å². The van der Waals surface area contributed by atoms with Crippen molar-refractivity contribution in [3.63, 3.8) is 0 Å². The van der Waals surface area contributed by atoms with Crippen molar-refractivity contribution in [3.8, 4) is 0 Å². The quantitative estimate of drug-likeness (QED) is 0.0470. The van der Waals surface area contributed by atoms with Gasteiger partial charge >= 0.3 is 59.1 Å². The van der Waals surface area contributed by atoms with Gasteiger partial charge in [0.1, 0.15) is 11.6 Å². The Morgan fingerprint density at radius 2 is 0.962 bits per heavy atom. The van der Waals surface area contributed by atoms with Crippen molar-refractivity contribution in [2.45, 2.75) is 129 Å². The predicted octanol–water partition coefficient (Wildman–Crippen LogP) is -2.56. The zero-order chi connectivity index (χ0) is 39.0. The van der Waals surface area contributed by atoms with Crippen LogP contribution >= 0.6 is 23.5 Å². The van der Waals surface area contributed by atoms with Crippen LogP contribution in [0.3, 0.4) is 0 Å².